The van der Waals surface area contributed by atoms with Crippen LogP contribution in [0.5, 0.6) is 5.75 Å². The average molecular weight is 288 g/mol. The summed E-state index contributed by atoms with van der Waals surface area (Å²) in [6, 6.07) is 8.26. The van der Waals surface area contributed by atoms with Crippen molar-refractivity contribution in [3.63, 3.8) is 0 Å². The van der Waals surface area contributed by atoms with Crippen molar-refractivity contribution in [1.29, 1.82) is 0 Å². The first-order valence-corrected chi connectivity index (χ1v) is 8.02. The van der Waals surface area contributed by atoms with E-state index < -0.39 is 0 Å². The molecule has 2 aliphatic heterocycles. The molecular formula is C18H24O3. The van der Waals surface area contributed by atoms with Gasteiger partial charge in [0.25, 0.3) is 0 Å². The second-order valence-electron chi connectivity index (χ2n) is 7.50. The maximum Gasteiger partial charge on any atom is 0.125 e. The highest BCUT2D eigenvalue weighted by molar-refractivity contribution is 5.40. The molecule has 1 aromatic carbocycles. The van der Waals surface area contributed by atoms with Crippen molar-refractivity contribution in [2.45, 2.75) is 38.9 Å². The zero-order chi connectivity index (χ0) is 14.8. The van der Waals surface area contributed by atoms with E-state index in [0.717, 1.165) is 12.2 Å². The minimum absolute atomic E-state index is 0.0992. The molecule has 4 rings (SSSR count). The molecule has 2 fully saturated rings. The van der Waals surface area contributed by atoms with Crippen LogP contribution < -0.4 is 4.74 Å². The Balaban J connectivity index is 1.87. The lowest BCUT2D eigenvalue weighted by atomic mass is 9.50. The highest BCUT2D eigenvalue weighted by Gasteiger charge is 2.64. The number of aliphatic hydroxyl groups excluding tert-OH is 1. The third-order valence-electron chi connectivity index (χ3n) is 6.56. The molecule has 1 N–H and O–H groups in total. The largest absolute Gasteiger partial charge is 0.487 e. The Bertz CT molecular complexity index is 571. The molecule has 2 bridgehead atoms. The van der Waals surface area contributed by atoms with Gasteiger partial charge >= 0.3 is 0 Å². The molecule has 0 radical (unpaired) electrons. The maximum atomic E-state index is 10.1. The second kappa shape index (κ2) is 4.23. The Morgan fingerprint density at radius 2 is 2.05 bits per heavy atom. The Morgan fingerprint density at radius 3 is 2.81 bits per heavy atom. The minimum atomic E-state index is -0.197. The molecule has 2 heterocycles. The molecule has 3 nitrogen and oxygen atoms in total. The van der Waals surface area contributed by atoms with Crippen LogP contribution in [-0.2, 0) is 4.74 Å². The summed E-state index contributed by atoms with van der Waals surface area (Å²) in [5.74, 6) is 2.07. The summed E-state index contributed by atoms with van der Waals surface area (Å²) in [6.07, 6.45) is 1.08. The molecule has 6 atom stereocenters. The Labute approximate surface area is 126 Å². The molecule has 21 heavy (non-hydrogen) atoms. The smallest absolute Gasteiger partial charge is 0.125 e. The van der Waals surface area contributed by atoms with Gasteiger partial charge in [-0.05, 0) is 31.2 Å². The van der Waals surface area contributed by atoms with E-state index in [4.69, 9.17) is 9.47 Å². The van der Waals surface area contributed by atoms with E-state index in [2.05, 4.69) is 39.0 Å². The van der Waals surface area contributed by atoms with Crippen molar-refractivity contribution in [3.8, 4) is 5.75 Å². The van der Waals surface area contributed by atoms with Gasteiger partial charge in [-0.15, -0.1) is 0 Å². The van der Waals surface area contributed by atoms with Gasteiger partial charge in [-0.1, -0.05) is 32.0 Å². The first kappa shape index (κ1) is 13.6. The van der Waals surface area contributed by atoms with Crippen LogP contribution in [0.25, 0.3) is 0 Å². The summed E-state index contributed by atoms with van der Waals surface area (Å²) in [7, 11) is 0. The Morgan fingerprint density at radius 1 is 1.29 bits per heavy atom. The number of para-hydroxylation sites is 1. The van der Waals surface area contributed by atoms with E-state index in [1.165, 1.54) is 5.56 Å². The number of aliphatic hydroxyl groups is 1. The molecule has 1 aromatic rings. The third kappa shape index (κ3) is 1.56. The van der Waals surface area contributed by atoms with Crippen LogP contribution in [0.2, 0.25) is 0 Å². The number of fused-ring (bicyclic) bond motifs is 3. The van der Waals surface area contributed by atoms with Crippen LogP contribution in [0.1, 0.15) is 38.9 Å². The molecule has 3 aliphatic rings. The van der Waals surface area contributed by atoms with Gasteiger partial charge in [0.2, 0.25) is 0 Å². The number of ether oxygens (including phenoxy) is 2. The van der Waals surface area contributed by atoms with Gasteiger partial charge in [-0.2, -0.15) is 0 Å². The van der Waals surface area contributed by atoms with Crippen LogP contribution in [0.3, 0.4) is 0 Å². The fourth-order valence-electron chi connectivity index (χ4n) is 5.29. The summed E-state index contributed by atoms with van der Waals surface area (Å²) in [5, 5.41) is 10.1. The number of hydrogen-bond acceptors (Lipinski definition) is 3. The van der Waals surface area contributed by atoms with E-state index >= 15 is 0 Å². The topological polar surface area (TPSA) is 38.7 Å². The van der Waals surface area contributed by atoms with Gasteiger partial charge in [0, 0.05) is 16.9 Å². The predicted octanol–water partition coefficient (Wildman–Crippen LogP) is 3.18. The van der Waals surface area contributed by atoms with Gasteiger partial charge in [0.15, 0.2) is 0 Å². The van der Waals surface area contributed by atoms with Crippen LogP contribution >= 0.6 is 0 Å². The summed E-state index contributed by atoms with van der Waals surface area (Å²) < 4.78 is 12.7. The molecule has 0 amide bonds. The van der Waals surface area contributed by atoms with Crippen LogP contribution in [0.15, 0.2) is 24.3 Å². The molecule has 1 saturated carbocycles. The fraction of sp³-hybridized carbons (Fsp3) is 0.667. The van der Waals surface area contributed by atoms with Gasteiger partial charge in [0.05, 0.1) is 19.3 Å². The molecule has 3 heteroatoms. The van der Waals surface area contributed by atoms with Gasteiger partial charge in [-0.3, -0.25) is 0 Å². The molecular weight excluding hydrogens is 264 g/mol. The number of benzene rings is 1. The summed E-state index contributed by atoms with van der Waals surface area (Å²) >= 11 is 0. The van der Waals surface area contributed by atoms with Crippen LogP contribution in [0.4, 0.5) is 0 Å². The molecule has 1 saturated heterocycles. The van der Waals surface area contributed by atoms with E-state index in [-0.39, 0.29) is 23.7 Å². The molecule has 0 unspecified atom stereocenters. The van der Waals surface area contributed by atoms with Gasteiger partial charge in [0.1, 0.15) is 11.4 Å². The van der Waals surface area contributed by atoms with Gasteiger partial charge < -0.3 is 14.6 Å². The SMILES string of the molecule is C[C@@H]1[C@H]2[C@H]3OC[C@]1(CO)[C@@H](C)C[C@]2(C)Oc1ccccc13. The average Bonchev–Trinajstić information content (AvgIpc) is 2.46. The zero-order valence-corrected chi connectivity index (χ0v) is 13.0. The monoisotopic (exact) mass is 288 g/mol. The van der Waals surface area contributed by atoms with Crippen molar-refractivity contribution in [2.75, 3.05) is 13.2 Å². The predicted molar refractivity (Wildman–Crippen MR) is 80.1 cm³/mol. The molecule has 0 aromatic heterocycles. The number of hydrogen-bond donors (Lipinski definition) is 1. The van der Waals surface area contributed by atoms with Gasteiger partial charge in [-0.25, -0.2) is 0 Å². The zero-order valence-electron chi connectivity index (χ0n) is 13.0. The van der Waals surface area contributed by atoms with Crippen LogP contribution in [0, 0.1) is 23.2 Å². The summed E-state index contributed by atoms with van der Waals surface area (Å²) in [5.41, 5.74) is 0.862. The second-order valence-corrected chi connectivity index (χ2v) is 7.50. The Hall–Kier alpha value is -1.06. The standard InChI is InChI=1S/C18H24O3/c1-11-8-17(3)15-12(2)18(11,9-19)10-20-16(15)13-6-4-5-7-14(13)21-17/h4-7,11-12,15-16,19H,8-10H2,1-3H3/t11-,12+,15-,16-,17-,18+/m0/s1. The summed E-state index contributed by atoms with van der Waals surface area (Å²) in [6.45, 7) is 7.60. The van der Waals surface area contributed by atoms with Crippen molar-refractivity contribution in [1.82, 2.24) is 0 Å². The maximum absolute atomic E-state index is 10.1. The lowest BCUT2D eigenvalue weighted by Crippen LogP contribution is -2.65. The van der Waals surface area contributed by atoms with Crippen LogP contribution in [-0.4, -0.2) is 23.9 Å². The fourth-order valence-corrected chi connectivity index (χ4v) is 5.29. The molecule has 0 spiro atoms. The van der Waals surface area contributed by atoms with Crippen molar-refractivity contribution in [2.24, 2.45) is 23.2 Å². The third-order valence-corrected chi connectivity index (χ3v) is 6.56. The van der Waals surface area contributed by atoms with Crippen molar-refractivity contribution in [3.05, 3.63) is 29.8 Å². The van der Waals surface area contributed by atoms with E-state index in [0.29, 0.717) is 24.4 Å². The lowest BCUT2D eigenvalue weighted by molar-refractivity contribution is -0.260. The Kier molecular flexibility index (Phi) is 2.74. The highest BCUT2D eigenvalue weighted by Crippen LogP contribution is 2.63. The highest BCUT2D eigenvalue weighted by atomic mass is 16.5. The molecule has 114 valence electrons. The molecule has 1 aliphatic carbocycles. The van der Waals surface area contributed by atoms with E-state index in [9.17, 15) is 5.11 Å². The number of rotatable bonds is 1. The minimum Gasteiger partial charge on any atom is -0.487 e. The summed E-state index contributed by atoms with van der Waals surface area (Å²) in [4.78, 5) is 0. The normalized spacial score (nSPS) is 47.4. The van der Waals surface area contributed by atoms with E-state index in [1.807, 2.05) is 6.07 Å². The van der Waals surface area contributed by atoms with E-state index in [1.54, 1.807) is 0 Å². The van der Waals surface area contributed by atoms with Crippen molar-refractivity contribution < 1.29 is 14.6 Å². The van der Waals surface area contributed by atoms with Crippen molar-refractivity contribution >= 4 is 0 Å². The quantitative estimate of drug-likeness (QED) is 0.862. The first-order valence-electron chi connectivity index (χ1n) is 8.02. The first-order chi connectivity index (χ1) is 10.0. The lowest BCUT2D eigenvalue weighted by Gasteiger charge is -2.63.